The third-order valence-corrected chi connectivity index (χ3v) is 5.64. The number of benzene rings is 1. The molecule has 2 aliphatic rings. The second-order valence-electron chi connectivity index (χ2n) is 6.89. The van der Waals surface area contributed by atoms with E-state index in [-0.39, 0.29) is 23.8 Å². The number of carbonyl (C=O) groups excluding carboxylic acids is 1. The molecule has 0 saturated carbocycles. The third-order valence-electron chi connectivity index (χ3n) is 5.39. The molecule has 7 heteroatoms. The van der Waals surface area contributed by atoms with Gasteiger partial charge in [-0.05, 0) is 43.6 Å². The molecular formula is C18H24ClN3O3. The fourth-order valence-corrected chi connectivity index (χ4v) is 3.99. The fourth-order valence-electron chi connectivity index (χ4n) is 3.87. The second kappa shape index (κ2) is 7.62. The van der Waals surface area contributed by atoms with Crippen molar-refractivity contribution in [2.45, 2.75) is 24.8 Å². The maximum absolute atomic E-state index is 12.9. The number of amides is 2. The monoisotopic (exact) mass is 365 g/mol. The Bertz CT molecular complexity index is 631. The first-order valence-electron chi connectivity index (χ1n) is 8.68. The molecule has 2 N–H and O–H groups in total. The van der Waals surface area contributed by atoms with E-state index in [9.17, 15) is 14.7 Å². The van der Waals surface area contributed by atoms with Gasteiger partial charge in [0.15, 0.2) is 0 Å². The van der Waals surface area contributed by atoms with Gasteiger partial charge in [0.25, 0.3) is 0 Å². The van der Waals surface area contributed by atoms with Crippen LogP contribution in [0.3, 0.4) is 0 Å². The highest BCUT2D eigenvalue weighted by Gasteiger charge is 2.41. The summed E-state index contributed by atoms with van der Waals surface area (Å²) in [6.07, 6.45) is 0.723. The second-order valence-corrected chi connectivity index (χ2v) is 7.32. The Morgan fingerprint density at radius 3 is 2.44 bits per heavy atom. The van der Waals surface area contributed by atoms with E-state index in [2.05, 4.69) is 5.32 Å². The molecule has 0 aliphatic carbocycles. The lowest BCUT2D eigenvalue weighted by atomic mass is 9.93. The lowest BCUT2D eigenvalue weighted by Gasteiger charge is -2.27. The molecule has 136 valence electrons. The fraction of sp³-hybridized carbons (Fsp3) is 0.556. The first kappa shape index (κ1) is 18.0. The number of nitrogens with one attached hydrogen (secondary N) is 1. The Labute approximate surface area is 152 Å². The van der Waals surface area contributed by atoms with Crippen LogP contribution in [0.25, 0.3) is 0 Å². The molecule has 1 aromatic rings. The SMILES string of the molecule is CN(C(=O)O)[C@@H]1CN(C(=O)C2CCNCC2)C[C@H]1c1ccc(Cl)cc1. The molecular weight excluding hydrogens is 342 g/mol. The van der Waals surface area contributed by atoms with E-state index in [0.29, 0.717) is 18.1 Å². The zero-order valence-electron chi connectivity index (χ0n) is 14.3. The van der Waals surface area contributed by atoms with Gasteiger partial charge in [0.1, 0.15) is 0 Å². The van der Waals surface area contributed by atoms with E-state index in [0.717, 1.165) is 31.5 Å². The molecule has 25 heavy (non-hydrogen) atoms. The van der Waals surface area contributed by atoms with Crippen LogP contribution in [0.15, 0.2) is 24.3 Å². The number of piperidine rings is 1. The standard InChI is InChI=1S/C18H24ClN3O3/c1-21(18(24)25)16-11-22(17(23)13-6-8-20-9-7-13)10-15(16)12-2-4-14(19)5-3-12/h2-5,13,15-16,20H,6-11H2,1H3,(H,24,25)/t15-,16+/m0/s1. The molecule has 2 amide bonds. The summed E-state index contributed by atoms with van der Waals surface area (Å²) in [4.78, 5) is 27.5. The van der Waals surface area contributed by atoms with E-state index >= 15 is 0 Å². The summed E-state index contributed by atoms with van der Waals surface area (Å²) in [6, 6.07) is 7.23. The molecule has 0 bridgehead atoms. The molecule has 2 heterocycles. The molecule has 3 rings (SSSR count). The maximum Gasteiger partial charge on any atom is 0.407 e. The van der Waals surface area contributed by atoms with Crippen LogP contribution in [-0.2, 0) is 4.79 Å². The topological polar surface area (TPSA) is 72.9 Å². The molecule has 1 aromatic carbocycles. The van der Waals surface area contributed by atoms with Crippen LogP contribution in [0.4, 0.5) is 4.79 Å². The molecule has 2 fully saturated rings. The minimum Gasteiger partial charge on any atom is -0.465 e. The van der Waals surface area contributed by atoms with Crippen molar-refractivity contribution in [2.75, 3.05) is 33.2 Å². The zero-order valence-corrected chi connectivity index (χ0v) is 15.1. The van der Waals surface area contributed by atoms with Gasteiger partial charge in [0, 0.05) is 37.0 Å². The molecule has 6 nitrogen and oxygen atoms in total. The predicted octanol–water partition coefficient (Wildman–Crippen LogP) is 2.24. The number of carboxylic acid groups (broad SMARTS) is 1. The molecule has 0 radical (unpaired) electrons. The molecule has 0 spiro atoms. The van der Waals surface area contributed by atoms with Crippen molar-refractivity contribution in [3.63, 3.8) is 0 Å². The van der Waals surface area contributed by atoms with Gasteiger partial charge in [-0.3, -0.25) is 4.79 Å². The van der Waals surface area contributed by atoms with Crippen molar-refractivity contribution < 1.29 is 14.7 Å². The minimum absolute atomic E-state index is 0.0379. The average Bonchev–Trinajstić information content (AvgIpc) is 3.07. The van der Waals surface area contributed by atoms with E-state index < -0.39 is 6.09 Å². The van der Waals surface area contributed by atoms with Crippen molar-refractivity contribution >= 4 is 23.6 Å². The van der Waals surface area contributed by atoms with Crippen molar-refractivity contribution in [1.29, 1.82) is 0 Å². The molecule has 0 unspecified atom stereocenters. The molecule has 2 atom stereocenters. The van der Waals surface area contributed by atoms with Crippen LogP contribution in [-0.4, -0.2) is 66.2 Å². The van der Waals surface area contributed by atoms with E-state index in [1.54, 1.807) is 7.05 Å². The van der Waals surface area contributed by atoms with Crippen LogP contribution in [0, 0.1) is 5.92 Å². The summed E-state index contributed by atoms with van der Waals surface area (Å²) in [5.74, 6) is 0.159. The largest absolute Gasteiger partial charge is 0.465 e. The van der Waals surface area contributed by atoms with Crippen molar-refractivity contribution in [2.24, 2.45) is 5.92 Å². The van der Waals surface area contributed by atoms with E-state index in [1.165, 1.54) is 4.90 Å². The Kier molecular flexibility index (Phi) is 5.49. The lowest BCUT2D eigenvalue weighted by Crippen LogP contribution is -2.43. The van der Waals surface area contributed by atoms with Crippen LogP contribution in [0.1, 0.15) is 24.3 Å². The summed E-state index contributed by atoms with van der Waals surface area (Å²) >= 11 is 5.97. The lowest BCUT2D eigenvalue weighted by molar-refractivity contribution is -0.135. The quantitative estimate of drug-likeness (QED) is 0.861. The highest BCUT2D eigenvalue weighted by molar-refractivity contribution is 6.30. The maximum atomic E-state index is 12.9. The summed E-state index contributed by atoms with van der Waals surface area (Å²) in [5.41, 5.74) is 1.02. The minimum atomic E-state index is -0.972. The Balaban J connectivity index is 1.80. The third kappa shape index (κ3) is 3.90. The highest BCUT2D eigenvalue weighted by Crippen LogP contribution is 2.33. The van der Waals surface area contributed by atoms with Crippen molar-refractivity contribution in [3.05, 3.63) is 34.9 Å². The number of hydrogen-bond donors (Lipinski definition) is 2. The van der Waals surface area contributed by atoms with Crippen LogP contribution >= 0.6 is 11.6 Å². The number of likely N-dealkylation sites (N-methyl/N-ethyl adjacent to an activating group) is 1. The molecule has 2 saturated heterocycles. The van der Waals surface area contributed by atoms with Gasteiger partial charge in [0.2, 0.25) is 5.91 Å². The normalized spacial score (nSPS) is 24.3. The van der Waals surface area contributed by atoms with Crippen molar-refractivity contribution in [3.8, 4) is 0 Å². The van der Waals surface area contributed by atoms with Gasteiger partial charge in [-0.15, -0.1) is 0 Å². The number of likely N-dealkylation sites (tertiary alicyclic amines) is 1. The first-order valence-corrected chi connectivity index (χ1v) is 9.06. The Morgan fingerprint density at radius 1 is 1.20 bits per heavy atom. The van der Waals surface area contributed by atoms with Crippen LogP contribution < -0.4 is 5.32 Å². The predicted molar refractivity (Wildman–Crippen MR) is 95.9 cm³/mol. The van der Waals surface area contributed by atoms with Gasteiger partial charge in [0.05, 0.1) is 6.04 Å². The number of carbonyl (C=O) groups is 2. The van der Waals surface area contributed by atoms with Crippen LogP contribution in [0.2, 0.25) is 5.02 Å². The average molecular weight is 366 g/mol. The summed E-state index contributed by atoms with van der Waals surface area (Å²) in [5, 5.41) is 13.3. The van der Waals surface area contributed by atoms with Gasteiger partial charge < -0.3 is 20.2 Å². The summed E-state index contributed by atoms with van der Waals surface area (Å²) < 4.78 is 0. The van der Waals surface area contributed by atoms with Gasteiger partial charge in [-0.2, -0.15) is 0 Å². The van der Waals surface area contributed by atoms with Crippen LogP contribution in [0.5, 0.6) is 0 Å². The van der Waals surface area contributed by atoms with E-state index in [1.807, 2.05) is 29.2 Å². The summed E-state index contributed by atoms with van der Waals surface area (Å²) in [7, 11) is 1.58. The van der Waals surface area contributed by atoms with Crippen molar-refractivity contribution in [1.82, 2.24) is 15.1 Å². The Morgan fingerprint density at radius 2 is 1.84 bits per heavy atom. The Hall–Kier alpha value is -1.79. The first-order chi connectivity index (χ1) is 12.0. The van der Waals surface area contributed by atoms with Gasteiger partial charge >= 0.3 is 6.09 Å². The smallest absolute Gasteiger partial charge is 0.407 e. The highest BCUT2D eigenvalue weighted by atomic mass is 35.5. The number of nitrogens with zero attached hydrogens (tertiary/aromatic N) is 2. The summed E-state index contributed by atoms with van der Waals surface area (Å²) in [6.45, 7) is 2.72. The van der Waals surface area contributed by atoms with Gasteiger partial charge in [-0.25, -0.2) is 4.79 Å². The molecule has 0 aromatic heterocycles. The zero-order chi connectivity index (χ0) is 18.0. The number of halogens is 1. The molecule has 2 aliphatic heterocycles. The van der Waals surface area contributed by atoms with E-state index in [4.69, 9.17) is 11.6 Å². The number of rotatable bonds is 3. The number of hydrogen-bond acceptors (Lipinski definition) is 3. The van der Waals surface area contributed by atoms with Gasteiger partial charge in [-0.1, -0.05) is 23.7 Å².